The van der Waals surface area contributed by atoms with Crippen molar-refractivity contribution in [1.82, 2.24) is 31.0 Å². The van der Waals surface area contributed by atoms with Gasteiger partial charge in [-0.05, 0) is 33.3 Å². The van der Waals surface area contributed by atoms with Gasteiger partial charge in [-0.1, -0.05) is 24.3 Å². The summed E-state index contributed by atoms with van der Waals surface area (Å²) in [6.07, 6.45) is -0.191. The molecular formula is C32H52N6O10. The number of carbonyl (C=O) groups is 2. The molecule has 16 heteroatoms. The third-order valence-corrected chi connectivity index (χ3v) is 5.90. The second kappa shape index (κ2) is 25.6. The molecule has 0 aliphatic carbocycles. The Morgan fingerprint density at radius 2 is 1.04 bits per heavy atom. The van der Waals surface area contributed by atoms with Crippen molar-refractivity contribution < 1.29 is 47.5 Å². The van der Waals surface area contributed by atoms with Gasteiger partial charge in [0.1, 0.15) is 5.60 Å². The van der Waals surface area contributed by atoms with Crippen molar-refractivity contribution in [1.29, 1.82) is 0 Å². The Hall–Kier alpha value is -3.38. The van der Waals surface area contributed by atoms with Gasteiger partial charge in [0.05, 0.1) is 92.5 Å². The molecule has 1 heterocycles. The van der Waals surface area contributed by atoms with Crippen LogP contribution in [0, 0.1) is 6.92 Å². The summed E-state index contributed by atoms with van der Waals surface area (Å²) >= 11 is 0. The molecule has 2 amide bonds. The fourth-order valence-corrected chi connectivity index (χ4v) is 3.58. The largest absolute Gasteiger partial charge is 0.444 e. The summed E-state index contributed by atoms with van der Waals surface area (Å²) in [7, 11) is 0. The van der Waals surface area contributed by atoms with E-state index in [4.69, 9.17) is 37.9 Å². The average Bonchev–Trinajstić information content (AvgIpc) is 3.05. The van der Waals surface area contributed by atoms with Gasteiger partial charge in [0.15, 0.2) is 5.82 Å². The lowest BCUT2D eigenvalue weighted by molar-refractivity contribution is -0.122. The lowest BCUT2D eigenvalue weighted by atomic mass is 10.1. The van der Waals surface area contributed by atoms with Crippen molar-refractivity contribution in [3.05, 3.63) is 35.7 Å². The monoisotopic (exact) mass is 680 g/mol. The Balaban J connectivity index is 1.25. The smallest absolute Gasteiger partial charge is 0.407 e. The minimum atomic E-state index is -0.518. The molecule has 2 aromatic rings. The summed E-state index contributed by atoms with van der Waals surface area (Å²) in [6, 6.07) is 7.54. The van der Waals surface area contributed by atoms with E-state index in [9.17, 15) is 9.59 Å². The number of aryl methyl sites for hydroxylation is 1. The molecule has 2 rings (SSSR count). The average molecular weight is 681 g/mol. The molecule has 0 aliphatic heterocycles. The molecule has 0 fully saturated rings. The van der Waals surface area contributed by atoms with E-state index >= 15 is 0 Å². The molecule has 16 nitrogen and oxygen atoms in total. The minimum absolute atomic E-state index is 0.0898. The van der Waals surface area contributed by atoms with Crippen LogP contribution in [-0.2, 0) is 49.2 Å². The quantitative estimate of drug-likeness (QED) is 0.130. The van der Waals surface area contributed by atoms with E-state index in [-0.39, 0.29) is 12.3 Å². The van der Waals surface area contributed by atoms with Gasteiger partial charge in [-0.2, -0.15) is 0 Å². The van der Waals surface area contributed by atoms with Crippen LogP contribution in [-0.4, -0.2) is 137 Å². The van der Waals surface area contributed by atoms with Gasteiger partial charge >= 0.3 is 6.09 Å². The first-order valence-electron chi connectivity index (χ1n) is 16.1. The van der Waals surface area contributed by atoms with E-state index in [0.29, 0.717) is 117 Å². The molecule has 0 saturated carbocycles. The maximum absolute atomic E-state index is 12.1. The van der Waals surface area contributed by atoms with Gasteiger partial charge in [0, 0.05) is 25.1 Å². The number of benzene rings is 1. The van der Waals surface area contributed by atoms with Crippen LogP contribution in [0.5, 0.6) is 0 Å². The summed E-state index contributed by atoms with van der Waals surface area (Å²) in [5, 5.41) is 21.4. The van der Waals surface area contributed by atoms with Crippen LogP contribution in [0.25, 0.3) is 11.4 Å². The van der Waals surface area contributed by atoms with E-state index in [1.165, 1.54) is 0 Å². The Kier molecular flexibility index (Phi) is 21.8. The van der Waals surface area contributed by atoms with E-state index in [1.54, 1.807) is 6.92 Å². The number of hydrogen-bond donors (Lipinski definition) is 2. The summed E-state index contributed by atoms with van der Waals surface area (Å²) in [5.41, 5.74) is 1.25. The van der Waals surface area contributed by atoms with Crippen LogP contribution in [0.1, 0.15) is 38.6 Å². The molecule has 270 valence electrons. The number of nitrogens with one attached hydrogen (secondary N) is 2. The Bertz CT molecular complexity index is 1120. The lowest BCUT2D eigenvalue weighted by Crippen LogP contribution is -2.34. The van der Waals surface area contributed by atoms with Crippen LogP contribution >= 0.6 is 0 Å². The van der Waals surface area contributed by atoms with Crippen molar-refractivity contribution >= 4 is 12.0 Å². The predicted molar refractivity (Wildman–Crippen MR) is 174 cm³/mol. The van der Waals surface area contributed by atoms with Crippen LogP contribution in [0.3, 0.4) is 0 Å². The summed E-state index contributed by atoms with van der Waals surface area (Å²) < 4.78 is 43.3. The zero-order valence-electron chi connectivity index (χ0n) is 28.7. The first-order chi connectivity index (χ1) is 23.2. The van der Waals surface area contributed by atoms with Crippen molar-refractivity contribution in [3.63, 3.8) is 0 Å². The molecule has 0 radical (unpaired) electrons. The number of nitrogens with zero attached hydrogens (tertiary/aromatic N) is 4. The van der Waals surface area contributed by atoms with Crippen LogP contribution in [0.4, 0.5) is 4.79 Å². The second-order valence-corrected chi connectivity index (χ2v) is 11.2. The van der Waals surface area contributed by atoms with Gasteiger partial charge in [-0.3, -0.25) is 4.79 Å². The summed E-state index contributed by atoms with van der Waals surface area (Å²) in [5.74, 6) is 0.881. The Labute approximate surface area is 282 Å². The van der Waals surface area contributed by atoms with Crippen molar-refractivity contribution in [2.24, 2.45) is 0 Å². The van der Waals surface area contributed by atoms with Crippen LogP contribution in [0.2, 0.25) is 0 Å². The molecule has 0 spiro atoms. The predicted octanol–water partition coefficient (Wildman–Crippen LogP) is 1.89. The van der Waals surface area contributed by atoms with Gasteiger partial charge in [-0.15, -0.1) is 20.4 Å². The van der Waals surface area contributed by atoms with E-state index in [1.807, 2.05) is 45.0 Å². The van der Waals surface area contributed by atoms with Gasteiger partial charge in [0.2, 0.25) is 11.7 Å². The van der Waals surface area contributed by atoms with E-state index < -0.39 is 11.7 Å². The highest BCUT2D eigenvalue weighted by molar-refractivity contribution is 5.76. The first kappa shape index (κ1) is 40.8. The number of carbonyl (C=O) groups excluding carboxylic acids is 2. The second-order valence-electron chi connectivity index (χ2n) is 11.2. The molecule has 48 heavy (non-hydrogen) atoms. The molecule has 1 aromatic heterocycles. The molecular weight excluding hydrogens is 628 g/mol. The van der Waals surface area contributed by atoms with E-state index in [2.05, 4.69) is 31.0 Å². The third-order valence-electron chi connectivity index (χ3n) is 5.90. The fraction of sp³-hybridized carbons (Fsp3) is 0.688. The lowest BCUT2D eigenvalue weighted by Gasteiger charge is -2.19. The Morgan fingerprint density at radius 1 is 0.604 bits per heavy atom. The number of rotatable bonds is 27. The first-order valence-corrected chi connectivity index (χ1v) is 16.1. The van der Waals surface area contributed by atoms with Crippen molar-refractivity contribution in [2.75, 3.05) is 99.0 Å². The fourth-order valence-electron chi connectivity index (χ4n) is 3.58. The zero-order chi connectivity index (χ0) is 34.7. The number of aromatic nitrogens is 4. The minimum Gasteiger partial charge on any atom is -0.444 e. The number of amides is 2. The normalized spacial score (nSPS) is 11.4. The molecule has 0 atom stereocenters. The number of hydrogen-bond acceptors (Lipinski definition) is 14. The van der Waals surface area contributed by atoms with Gasteiger partial charge in [-0.25, -0.2) is 4.79 Å². The van der Waals surface area contributed by atoms with Crippen molar-refractivity contribution in [2.45, 2.75) is 46.3 Å². The highest BCUT2D eigenvalue weighted by Crippen LogP contribution is 2.14. The van der Waals surface area contributed by atoms with E-state index in [0.717, 1.165) is 11.1 Å². The third kappa shape index (κ3) is 22.2. The molecule has 0 aliphatic rings. The van der Waals surface area contributed by atoms with Gasteiger partial charge in [0.25, 0.3) is 0 Å². The summed E-state index contributed by atoms with van der Waals surface area (Å²) in [6.45, 7) is 14.0. The molecule has 1 aromatic carbocycles. The Morgan fingerprint density at radius 3 is 1.50 bits per heavy atom. The van der Waals surface area contributed by atoms with Crippen LogP contribution in [0.15, 0.2) is 24.3 Å². The highest BCUT2D eigenvalue weighted by Gasteiger charge is 2.15. The number of alkyl carbamates (subject to hydrolysis) is 1. The van der Waals surface area contributed by atoms with Gasteiger partial charge < -0.3 is 48.5 Å². The molecule has 0 saturated heterocycles. The van der Waals surface area contributed by atoms with Crippen LogP contribution < -0.4 is 10.6 Å². The zero-order valence-corrected chi connectivity index (χ0v) is 28.7. The maximum atomic E-state index is 12.1. The maximum Gasteiger partial charge on any atom is 0.407 e. The highest BCUT2D eigenvalue weighted by atomic mass is 16.6. The number of ether oxygens (including phenoxy) is 8. The van der Waals surface area contributed by atoms with Crippen molar-refractivity contribution in [3.8, 4) is 11.4 Å². The summed E-state index contributed by atoms with van der Waals surface area (Å²) in [4.78, 5) is 23.6. The topological polar surface area (TPSA) is 184 Å². The molecule has 0 unspecified atom stereocenters. The standard InChI is InChI=1S/C32H52N6O10/c1-26-35-37-30(38-36-26)28-7-5-27(6-8-28)25-34-29(39)9-11-41-13-15-43-17-19-45-21-23-47-24-22-46-20-18-44-16-14-42-12-10-33-31(40)48-32(2,3)4/h5-8H,9-25H2,1-4H3,(H,33,40)(H,34,39). The SMILES string of the molecule is Cc1nnc(-c2ccc(CNC(=O)CCOCCOCCOCCOCCOCCOCCOCCNC(=O)OC(C)(C)C)cc2)nn1. The molecule has 2 N–H and O–H groups in total. The molecule has 0 bridgehead atoms.